The summed E-state index contributed by atoms with van der Waals surface area (Å²) in [5, 5.41) is 9.20. The zero-order valence-corrected chi connectivity index (χ0v) is 12.1. The molecule has 0 radical (unpaired) electrons. The van der Waals surface area contributed by atoms with Crippen LogP contribution in [0.2, 0.25) is 0 Å². The lowest BCUT2D eigenvalue weighted by Crippen LogP contribution is -2.05. The number of carbonyl (C=O) groups is 2. The van der Waals surface area contributed by atoms with Gasteiger partial charge in [-0.05, 0) is 43.7 Å². The van der Waals surface area contributed by atoms with Crippen molar-refractivity contribution in [2.75, 3.05) is 0 Å². The molecule has 0 aliphatic heterocycles. The van der Waals surface area contributed by atoms with Crippen LogP contribution in [0.3, 0.4) is 0 Å². The summed E-state index contributed by atoms with van der Waals surface area (Å²) in [7, 11) is 0. The Morgan fingerprint density at radius 2 is 1.95 bits per heavy atom. The molecule has 0 amide bonds. The van der Waals surface area contributed by atoms with Gasteiger partial charge in [-0.2, -0.15) is 0 Å². The van der Waals surface area contributed by atoms with E-state index < -0.39 is 5.97 Å². The van der Waals surface area contributed by atoms with Gasteiger partial charge in [-0.3, -0.25) is 4.79 Å². The maximum Gasteiger partial charge on any atom is 0.352 e. The molecule has 0 fully saturated rings. The average Bonchev–Trinajstić information content (AvgIpc) is 2.78. The Bertz CT molecular complexity index is 673. The van der Waals surface area contributed by atoms with E-state index in [0.29, 0.717) is 11.3 Å². The van der Waals surface area contributed by atoms with Crippen molar-refractivity contribution in [3.8, 4) is 5.69 Å². The third-order valence-electron chi connectivity index (χ3n) is 2.87. The zero-order valence-electron chi connectivity index (χ0n) is 10.5. The van der Waals surface area contributed by atoms with Crippen LogP contribution in [0.5, 0.6) is 0 Å². The monoisotopic (exact) mass is 321 g/mol. The Hall–Kier alpha value is -1.88. The van der Waals surface area contributed by atoms with Crippen LogP contribution in [0.15, 0.2) is 34.9 Å². The third kappa shape index (κ3) is 2.61. The van der Waals surface area contributed by atoms with E-state index in [1.165, 1.54) is 17.6 Å². The van der Waals surface area contributed by atoms with E-state index in [4.69, 9.17) is 0 Å². The number of carboxylic acid groups (broad SMARTS) is 1. The van der Waals surface area contributed by atoms with Gasteiger partial charge in [-0.1, -0.05) is 15.9 Å². The maximum absolute atomic E-state index is 11.4. The van der Waals surface area contributed by atoms with Crippen molar-refractivity contribution in [1.82, 2.24) is 4.57 Å². The number of aromatic nitrogens is 1. The lowest BCUT2D eigenvalue weighted by atomic mass is 10.2. The number of carboxylic acids is 1. The van der Waals surface area contributed by atoms with Crippen LogP contribution < -0.4 is 0 Å². The minimum Gasteiger partial charge on any atom is -0.477 e. The summed E-state index contributed by atoms with van der Waals surface area (Å²) >= 11 is 3.40. The highest BCUT2D eigenvalue weighted by Crippen LogP contribution is 2.22. The van der Waals surface area contributed by atoms with Gasteiger partial charge >= 0.3 is 5.97 Å². The lowest BCUT2D eigenvalue weighted by molar-refractivity contribution is 0.0688. The van der Waals surface area contributed by atoms with Crippen molar-refractivity contribution in [1.29, 1.82) is 0 Å². The van der Waals surface area contributed by atoms with Crippen LogP contribution in [0, 0.1) is 6.92 Å². The van der Waals surface area contributed by atoms with Gasteiger partial charge in [-0.15, -0.1) is 0 Å². The number of benzene rings is 1. The summed E-state index contributed by atoms with van der Waals surface area (Å²) in [6, 6.07) is 6.90. The molecule has 19 heavy (non-hydrogen) atoms. The molecule has 0 bridgehead atoms. The molecule has 5 heteroatoms. The number of carbonyl (C=O) groups excluding carboxylic acids is 1. The van der Waals surface area contributed by atoms with Crippen LogP contribution >= 0.6 is 15.9 Å². The van der Waals surface area contributed by atoms with E-state index in [2.05, 4.69) is 15.9 Å². The van der Waals surface area contributed by atoms with Gasteiger partial charge in [-0.25, -0.2) is 4.79 Å². The maximum atomic E-state index is 11.4. The molecule has 2 aromatic rings. The minimum absolute atomic E-state index is 0.0759. The van der Waals surface area contributed by atoms with E-state index in [0.717, 1.165) is 10.0 Å². The molecule has 0 aliphatic rings. The topological polar surface area (TPSA) is 59.3 Å². The van der Waals surface area contributed by atoms with Crippen LogP contribution in [-0.4, -0.2) is 21.4 Å². The van der Waals surface area contributed by atoms with Crippen molar-refractivity contribution in [3.63, 3.8) is 0 Å². The highest BCUT2D eigenvalue weighted by molar-refractivity contribution is 9.10. The lowest BCUT2D eigenvalue weighted by Gasteiger charge is -2.08. The fraction of sp³-hybridized carbons (Fsp3) is 0.143. The van der Waals surface area contributed by atoms with Gasteiger partial charge in [0.1, 0.15) is 5.69 Å². The molecule has 0 aliphatic carbocycles. The first-order valence-electron chi connectivity index (χ1n) is 5.63. The Kier molecular flexibility index (Phi) is 3.57. The van der Waals surface area contributed by atoms with E-state index in [1.54, 1.807) is 12.3 Å². The second-order valence-corrected chi connectivity index (χ2v) is 5.13. The van der Waals surface area contributed by atoms with E-state index >= 15 is 0 Å². The highest BCUT2D eigenvalue weighted by Gasteiger charge is 2.16. The molecular formula is C14H12BrNO3. The Morgan fingerprint density at radius 3 is 2.47 bits per heavy atom. The minimum atomic E-state index is -1.06. The quantitative estimate of drug-likeness (QED) is 0.881. The molecule has 1 N–H and O–H groups in total. The van der Waals surface area contributed by atoms with Crippen molar-refractivity contribution < 1.29 is 14.7 Å². The molecule has 0 saturated carbocycles. The zero-order chi connectivity index (χ0) is 14.2. The number of hydrogen-bond donors (Lipinski definition) is 1. The standard InChI is InChI=1S/C14H12BrNO3/c1-8-5-11(3-4-12(8)15)16-7-10(9(2)17)6-13(16)14(18)19/h3-7H,1-2H3,(H,18,19). The highest BCUT2D eigenvalue weighted by atomic mass is 79.9. The first-order chi connectivity index (χ1) is 8.90. The Labute approximate surface area is 118 Å². The first-order valence-corrected chi connectivity index (χ1v) is 6.42. The number of aromatic carboxylic acids is 1. The van der Waals surface area contributed by atoms with E-state index in [-0.39, 0.29) is 11.5 Å². The van der Waals surface area contributed by atoms with Crippen molar-refractivity contribution >= 4 is 27.7 Å². The summed E-state index contributed by atoms with van der Waals surface area (Å²) in [5.41, 5.74) is 2.17. The summed E-state index contributed by atoms with van der Waals surface area (Å²) < 4.78 is 2.46. The van der Waals surface area contributed by atoms with Gasteiger partial charge in [0.25, 0.3) is 0 Å². The van der Waals surface area contributed by atoms with Crippen molar-refractivity contribution in [2.45, 2.75) is 13.8 Å². The summed E-state index contributed by atoms with van der Waals surface area (Å²) in [5.74, 6) is -1.22. The van der Waals surface area contributed by atoms with Gasteiger partial charge < -0.3 is 9.67 Å². The number of ketones is 1. The number of hydrogen-bond acceptors (Lipinski definition) is 2. The normalized spacial score (nSPS) is 10.5. The molecule has 2 rings (SSSR count). The molecule has 1 heterocycles. The number of nitrogens with zero attached hydrogens (tertiary/aromatic N) is 1. The molecule has 0 spiro atoms. The van der Waals surface area contributed by atoms with Gasteiger partial charge in [0, 0.05) is 21.9 Å². The summed E-state index contributed by atoms with van der Waals surface area (Å²) in [6.45, 7) is 3.33. The van der Waals surface area contributed by atoms with Gasteiger partial charge in [0.15, 0.2) is 5.78 Å². The Morgan fingerprint density at radius 1 is 1.26 bits per heavy atom. The number of Topliss-reactive ketones (excluding diaryl/α,β-unsaturated/α-hetero) is 1. The van der Waals surface area contributed by atoms with Crippen LogP contribution in [-0.2, 0) is 0 Å². The molecule has 0 unspecified atom stereocenters. The smallest absolute Gasteiger partial charge is 0.352 e. The average molecular weight is 322 g/mol. The third-order valence-corrected chi connectivity index (χ3v) is 3.76. The van der Waals surface area contributed by atoms with Crippen LogP contribution in [0.1, 0.15) is 33.3 Å². The fourth-order valence-electron chi connectivity index (χ4n) is 1.81. The van der Waals surface area contributed by atoms with Gasteiger partial charge in [0.2, 0.25) is 0 Å². The van der Waals surface area contributed by atoms with Crippen molar-refractivity contribution in [3.05, 3.63) is 51.8 Å². The number of halogens is 1. The van der Waals surface area contributed by atoms with Crippen LogP contribution in [0.4, 0.5) is 0 Å². The largest absolute Gasteiger partial charge is 0.477 e. The predicted molar refractivity (Wildman–Crippen MR) is 75.2 cm³/mol. The second kappa shape index (κ2) is 5.01. The molecular weight excluding hydrogens is 310 g/mol. The van der Waals surface area contributed by atoms with Crippen LogP contribution in [0.25, 0.3) is 5.69 Å². The van der Waals surface area contributed by atoms with Gasteiger partial charge in [0.05, 0.1) is 0 Å². The molecule has 1 aromatic heterocycles. The number of rotatable bonds is 3. The SMILES string of the molecule is CC(=O)c1cc(C(=O)O)n(-c2ccc(Br)c(C)c2)c1. The number of aryl methyl sites for hydroxylation is 1. The van der Waals surface area contributed by atoms with Crippen molar-refractivity contribution in [2.24, 2.45) is 0 Å². The fourth-order valence-corrected chi connectivity index (χ4v) is 2.06. The van der Waals surface area contributed by atoms with E-state index in [1.807, 2.05) is 19.1 Å². The predicted octanol–water partition coefficient (Wildman–Crippen LogP) is 3.45. The second-order valence-electron chi connectivity index (χ2n) is 4.28. The molecule has 1 aromatic carbocycles. The molecule has 4 nitrogen and oxygen atoms in total. The van der Waals surface area contributed by atoms with E-state index in [9.17, 15) is 14.7 Å². The first kappa shape index (κ1) is 13.5. The molecule has 0 atom stereocenters. The molecule has 0 saturated heterocycles. The molecule has 98 valence electrons. The Balaban J connectivity index is 2.62. The summed E-state index contributed by atoms with van der Waals surface area (Å²) in [6.07, 6.45) is 1.55. The summed E-state index contributed by atoms with van der Waals surface area (Å²) in [4.78, 5) is 22.6.